The van der Waals surface area contributed by atoms with Crippen LogP contribution in [0.2, 0.25) is 0 Å². The average molecular weight is 153 g/mol. The fourth-order valence-electron chi connectivity index (χ4n) is 0.866. The molecule has 51 valence electrons. The van der Waals surface area contributed by atoms with Crippen LogP contribution in [0, 0.1) is 0 Å². The van der Waals surface area contributed by atoms with Gasteiger partial charge in [0.05, 0.1) is 12.8 Å². The van der Waals surface area contributed by atoms with Crippen LogP contribution in [0.15, 0.2) is 17.3 Å². The van der Waals surface area contributed by atoms with E-state index < -0.39 is 9.98 Å². The maximum Gasteiger partial charge on any atom is 0.216 e. The summed E-state index contributed by atoms with van der Waals surface area (Å²) in [6.45, 7) is 0.698. The monoisotopic (exact) mass is 153 g/mol. The van der Waals surface area contributed by atoms with E-state index in [1.807, 2.05) is 11.1 Å². The van der Waals surface area contributed by atoms with Crippen molar-refractivity contribution in [3.05, 3.63) is 12.3 Å². The predicted molar refractivity (Wildman–Crippen MR) is 42.5 cm³/mol. The normalized spacial score (nSPS) is 21.4. The zero-order chi connectivity index (χ0) is 6.97. The van der Waals surface area contributed by atoms with Gasteiger partial charge in [-0.2, -0.15) is 0 Å². The number of rotatable bonds is 0. The Balaban J connectivity index is 2.59. The summed E-state index contributed by atoms with van der Waals surface area (Å²) in [5.74, 6) is 0. The van der Waals surface area contributed by atoms with E-state index in [1.54, 1.807) is 11.4 Å². The van der Waals surface area contributed by atoms with Crippen LogP contribution in [0.4, 0.5) is 0 Å². The number of aliphatic imine (C=N–C) groups is 1. The summed E-state index contributed by atoms with van der Waals surface area (Å²) in [5, 5.41) is 2.32. The Kier molecular flexibility index (Phi) is 1.14. The molecule has 1 radical (unpaired) electrons. The fourth-order valence-corrected chi connectivity index (χ4v) is 1.82. The fraction of sp³-hybridized carbons (Fsp3) is 0.167. The quantitative estimate of drug-likeness (QED) is 0.436. The molecule has 2 heterocycles. The minimum atomic E-state index is -1.00. The average Bonchev–Trinajstić information content (AvgIpc) is 2.34. The standard InChI is InChI=1S/C6H5N2OS/c9-10-5-4-8-3-1-2-7-6(8)10/h1,3,5H,4H2. The molecule has 2 aliphatic heterocycles. The molecule has 0 atom stereocenters. The third-order valence-corrected chi connectivity index (χ3v) is 2.47. The number of fused-ring (bicyclic) bond motifs is 1. The first-order valence-electron chi connectivity index (χ1n) is 2.88. The smallest absolute Gasteiger partial charge is 0.216 e. The van der Waals surface area contributed by atoms with Crippen molar-refractivity contribution in [3.63, 3.8) is 0 Å². The van der Waals surface area contributed by atoms with Gasteiger partial charge in [-0.15, -0.1) is 0 Å². The van der Waals surface area contributed by atoms with Crippen molar-refractivity contribution in [1.29, 1.82) is 0 Å². The highest BCUT2D eigenvalue weighted by Gasteiger charge is 2.12. The van der Waals surface area contributed by atoms with E-state index in [1.165, 1.54) is 0 Å². The number of hydrogen-bond acceptors (Lipinski definition) is 3. The minimum absolute atomic E-state index is 0.600. The van der Waals surface area contributed by atoms with Crippen LogP contribution in [0.5, 0.6) is 0 Å². The van der Waals surface area contributed by atoms with Crippen LogP contribution >= 0.6 is 0 Å². The molecular weight excluding hydrogens is 148 g/mol. The van der Waals surface area contributed by atoms with Gasteiger partial charge in [0.25, 0.3) is 0 Å². The third kappa shape index (κ3) is 0.690. The van der Waals surface area contributed by atoms with Crippen molar-refractivity contribution in [2.75, 3.05) is 6.54 Å². The highest BCUT2D eigenvalue weighted by atomic mass is 32.1. The Hall–Kier alpha value is -1.03. The van der Waals surface area contributed by atoms with Crippen LogP contribution < -0.4 is 0 Å². The Morgan fingerprint density at radius 1 is 1.80 bits per heavy atom. The highest BCUT2D eigenvalue weighted by molar-refractivity contribution is 7.84. The van der Waals surface area contributed by atoms with E-state index in [4.69, 9.17) is 0 Å². The second kappa shape index (κ2) is 1.98. The second-order valence-electron chi connectivity index (χ2n) is 1.96. The minimum Gasteiger partial charge on any atom is -0.318 e. The van der Waals surface area contributed by atoms with Gasteiger partial charge in [0.15, 0.2) is 0 Å². The number of hydrogen-bond donors (Lipinski definition) is 0. The summed E-state index contributed by atoms with van der Waals surface area (Å²) in [6.07, 6.45) is 6.17. The Morgan fingerprint density at radius 2 is 2.70 bits per heavy atom. The van der Waals surface area contributed by atoms with Crippen LogP contribution in [0.3, 0.4) is 0 Å². The largest absolute Gasteiger partial charge is 0.318 e. The molecule has 0 fully saturated rings. The maximum absolute atomic E-state index is 11.0. The number of nitrogens with zero attached hydrogens (tertiary/aromatic N) is 2. The van der Waals surface area contributed by atoms with Crippen molar-refractivity contribution in [2.24, 2.45) is 4.99 Å². The van der Waals surface area contributed by atoms with E-state index >= 15 is 0 Å². The lowest BCUT2D eigenvalue weighted by Gasteiger charge is -2.13. The van der Waals surface area contributed by atoms with Gasteiger partial charge in [-0.1, -0.05) is 0 Å². The van der Waals surface area contributed by atoms with Gasteiger partial charge in [0.2, 0.25) is 5.11 Å². The molecule has 0 aromatic carbocycles. The SMILES string of the molecule is O=S1=CCN2C=C[C]=NC=12. The maximum atomic E-state index is 11.0. The zero-order valence-corrected chi connectivity index (χ0v) is 5.97. The van der Waals surface area contributed by atoms with Gasteiger partial charge < -0.3 is 4.90 Å². The molecule has 0 spiro atoms. The molecule has 0 aromatic heterocycles. The Morgan fingerprint density at radius 3 is 3.50 bits per heavy atom. The van der Waals surface area contributed by atoms with Gasteiger partial charge in [-0.3, -0.25) is 0 Å². The summed E-state index contributed by atoms with van der Waals surface area (Å²) in [7, 11) is -1.00. The summed E-state index contributed by atoms with van der Waals surface area (Å²) in [4.78, 5) is 5.69. The molecule has 0 amide bonds. The summed E-state index contributed by atoms with van der Waals surface area (Å²) in [5.41, 5.74) is 0. The molecular formula is C6H5N2OS. The van der Waals surface area contributed by atoms with E-state index in [0.717, 1.165) is 0 Å². The van der Waals surface area contributed by atoms with Crippen molar-refractivity contribution >= 4 is 26.7 Å². The molecule has 2 rings (SSSR count). The lowest BCUT2D eigenvalue weighted by atomic mass is 10.5. The van der Waals surface area contributed by atoms with E-state index in [2.05, 4.69) is 11.2 Å². The summed E-state index contributed by atoms with van der Waals surface area (Å²) >= 11 is 0. The third-order valence-electron chi connectivity index (χ3n) is 1.34. The molecule has 0 bridgehead atoms. The van der Waals surface area contributed by atoms with Crippen molar-refractivity contribution in [3.8, 4) is 0 Å². The molecule has 4 heteroatoms. The molecule has 10 heavy (non-hydrogen) atoms. The molecule has 0 saturated heterocycles. The Bertz CT molecular complexity index is 350. The van der Waals surface area contributed by atoms with Gasteiger partial charge in [0.1, 0.15) is 0 Å². The van der Waals surface area contributed by atoms with Crippen molar-refractivity contribution < 1.29 is 4.21 Å². The molecule has 0 saturated carbocycles. The van der Waals surface area contributed by atoms with Gasteiger partial charge >= 0.3 is 0 Å². The van der Waals surface area contributed by atoms with E-state index in [0.29, 0.717) is 11.7 Å². The topological polar surface area (TPSA) is 32.7 Å². The molecule has 0 aromatic rings. The molecule has 2 aliphatic rings. The lowest BCUT2D eigenvalue weighted by Crippen LogP contribution is -2.23. The van der Waals surface area contributed by atoms with Crippen molar-refractivity contribution in [1.82, 2.24) is 4.90 Å². The second-order valence-corrected chi connectivity index (χ2v) is 3.25. The van der Waals surface area contributed by atoms with Gasteiger partial charge in [0, 0.05) is 21.5 Å². The first kappa shape index (κ1) is 5.73. The van der Waals surface area contributed by atoms with Gasteiger partial charge in [-0.05, 0) is 6.08 Å². The lowest BCUT2D eigenvalue weighted by molar-refractivity contribution is 0.654. The number of allylic oxidation sites excluding steroid dienone is 1. The van der Waals surface area contributed by atoms with Crippen molar-refractivity contribution in [2.45, 2.75) is 0 Å². The molecule has 3 nitrogen and oxygen atoms in total. The van der Waals surface area contributed by atoms with Crippen LogP contribution in [0.25, 0.3) is 0 Å². The van der Waals surface area contributed by atoms with Crippen LogP contribution in [0.1, 0.15) is 0 Å². The molecule has 0 N–H and O–H groups in total. The summed E-state index contributed by atoms with van der Waals surface area (Å²) < 4.78 is 11.0. The Labute approximate surface area is 60.3 Å². The highest BCUT2D eigenvalue weighted by Crippen LogP contribution is 2.00. The van der Waals surface area contributed by atoms with E-state index in [9.17, 15) is 4.21 Å². The zero-order valence-electron chi connectivity index (χ0n) is 5.15. The molecule has 0 aliphatic carbocycles. The first-order chi connectivity index (χ1) is 4.88. The van der Waals surface area contributed by atoms with Gasteiger partial charge in [-0.25, -0.2) is 9.20 Å². The van der Waals surface area contributed by atoms with E-state index in [-0.39, 0.29) is 0 Å². The van der Waals surface area contributed by atoms with Crippen LogP contribution in [-0.2, 0) is 9.98 Å². The van der Waals surface area contributed by atoms with Crippen LogP contribution in [-0.4, -0.2) is 32.3 Å². The predicted octanol–water partition coefficient (Wildman–Crippen LogP) is -0.585. The first-order valence-corrected chi connectivity index (χ1v) is 4.09. The summed E-state index contributed by atoms with van der Waals surface area (Å²) in [6, 6.07) is 0. The molecule has 0 unspecified atom stereocenters.